The summed E-state index contributed by atoms with van der Waals surface area (Å²) in [5.41, 5.74) is 0. The predicted molar refractivity (Wildman–Crippen MR) is 70.3 cm³/mol. The van der Waals surface area contributed by atoms with Crippen molar-refractivity contribution in [3.63, 3.8) is 0 Å². The van der Waals surface area contributed by atoms with Crippen molar-refractivity contribution in [2.24, 2.45) is 0 Å². The molecule has 1 aromatic heterocycles. The first-order valence-corrected chi connectivity index (χ1v) is 5.98. The quantitative estimate of drug-likeness (QED) is 0.941. The second kappa shape index (κ2) is 6.11. The summed E-state index contributed by atoms with van der Waals surface area (Å²) in [6.45, 7) is -0.0677. The van der Waals surface area contributed by atoms with E-state index >= 15 is 0 Å². The van der Waals surface area contributed by atoms with Crippen LogP contribution in [0.3, 0.4) is 0 Å². The monoisotopic (exact) mass is 307 g/mol. The summed E-state index contributed by atoms with van der Waals surface area (Å²) in [7, 11) is 0. The van der Waals surface area contributed by atoms with Crippen LogP contribution in [0.5, 0.6) is 5.75 Å². The van der Waals surface area contributed by atoms with Gasteiger partial charge in [0, 0.05) is 0 Å². The molecule has 1 heterocycles. The number of hydrogen-bond acceptors (Lipinski definition) is 4. The van der Waals surface area contributed by atoms with Crippen LogP contribution in [-0.2, 0) is 4.79 Å². The molecule has 0 unspecified atom stereocenters. The molecular formula is C12H10BrN3O2. The summed E-state index contributed by atoms with van der Waals surface area (Å²) in [6, 6.07) is 9.13. The predicted octanol–water partition coefficient (Wildman–Crippen LogP) is 2.26. The highest BCUT2D eigenvalue weighted by molar-refractivity contribution is 9.10. The summed E-state index contributed by atoms with van der Waals surface area (Å²) in [4.78, 5) is 19.5. The van der Waals surface area contributed by atoms with Crippen LogP contribution in [0, 0.1) is 0 Å². The summed E-state index contributed by atoms with van der Waals surface area (Å²) < 4.78 is 5.91. The van der Waals surface area contributed by atoms with E-state index in [1.807, 2.05) is 18.2 Å². The first kappa shape index (κ1) is 12.5. The molecule has 1 N–H and O–H groups in total. The molecule has 0 aliphatic carbocycles. The maximum atomic E-state index is 11.6. The van der Waals surface area contributed by atoms with Crippen molar-refractivity contribution in [3.8, 4) is 5.75 Å². The Balaban J connectivity index is 1.84. The zero-order valence-electron chi connectivity index (χ0n) is 9.34. The van der Waals surface area contributed by atoms with Crippen molar-refractivity contribution in [1.82, 2.24) is 9.97 Å². The summed E-state index contributed by atoms with van der Waals surface area (Å²) >= 11 is 3.16. The van der Waals surface area contributed by atoms with Gasteiger partial charge in [0.25, 0.3) is 5.91 Å². The molecule has 1 amide bonds. The van der Waals surface area contributed by atoms with Gasteiger partial charge in [0.2, 0.25) is 0 Å². The van der Waals surface area contributed by atoms with E-state index < -0.39 is 0 Å². The highest BCUT2D eigenvalue weighted by atomic mass is 79.9. The Morgan fingerprint density at radius 2 is 2.00 bits per heavy atom. The van der Waals surface area contributed by atoms with E-state index in [2.05, 4.69) is 31.2 Å². The number of para-hydroxylation sites is 1. The average Bonchev–Trinajstić information content (AvgIpc) is 2.40. The third-order valence-corrected chi connectivity index (χ3v) is 2.41. The van der Waals surface area contributed by atoms with Gasteiger partial charge >= 0.3 is 0 Å². The summed E-state index contributed by atoms with van der Waals surface area (Å²) in [5.74, 6) is 0.755. The number of halogens is 1. The third kappa shape index (κ3) is 3.81. The normalized spacial score (nSPS) is 9.83. The summed E-state index contributed by atoms with van der Waals surface area (Å²) in [6.07, 6.45) is 2.97. The average molecular weight is 308 g/mol. The second-order valence-corrected chi connectivity index (χ2v) is 4.19. The van der Waals surface area contributed by atoms with Crippen LogP contribution >= 0.6 is 15.9 Å². The van der Waals surface area contributed by atoms with Crippen molar-refractivity contribution in [3.05, 3.63) is 47.3 Å². The Labute approximate surface area is 112 Å². The lowest BCUT2D eigenvalue weighted by Crippen LogP contribution is -2.20. The van der Waals surface area contributed by atoms with Gasteiger partial charge in [0.1, 0.15) is 10.4 Å². The fraction of sp³-hybridized carbons (Fsp3) is 0.0833. The molecular weight excluding hydrogens is 298 g/mol. The van der Waals surface area contributed by atoms with E-state index in [0.29, 0.717) is 16.2 Å². The van der Waals surface area contributed by atoms with Gasteiger partial charge in [-0.2, -0.15) is 0 Å². The maximum Gasteiger partial charge on any atom is 0.263 e. The fourth-order valence-electron chi connectivity index (χ4n) is 1.22. The Bertz CT molecular complexity index is 517. The van der Waals surface area contributed by atoms with Gasteiger partial charge in [-0.15, -0.1) is 0 Å². The molecule has 0 spiro atoms. The standard InChI is InChI=1S/C12H10BrN3O2/c13-10-6-15-11(7-14-10)16-12(17)8-18-9-4-2-1-3-5-9/h1-7H,8H2,(H,15,16,17). The molecule has 2 aromatic rings. The molecule has 2 rings (SSSR count). The van der Waals surface area contributed by atoms with Crippen molar-refractivity contribution < 1.29 is 9.53 Å². The number of carbonyl (C=O) groups is 1. The van der Waals surface area contributed by atoms with Crippen LogP contribution in [0.25, 0.3) is 0 Å². The van der Waals surface area contributed by atoms with Gasteiger partial charge in [-0.25, -0.2) is 9.97 Å². The van der Waals surface area contributed by atoms with E-state index in [0.717, 1.165) is 0 Å². The summed E-state index contributed by atoms with van der Waals surface area (Å²) in [5, 5.41) is 2.58. The Morgan fingerprint density at radius 3 is 2.67 bits per heavy atom. The minimum atomic E-state index is -0.282. The number of nitrogens with one attached hydrogen (secondary N) is 1. The number of anilines is 1. The number of hydrogen-bond donors (Lipinski definition) is 1. The molecule has 6 heteroatoms. The highest BCUT2D eigenvalue weighted by Gasteiger charge is 2.04. The van der Waals surface area contributed by atoms with Crippen LogP contribution in [0.15, 0.2) is 47.3 Å². The first-order valence-electron chi connectivity index (χ1n) is 5.19. The lowest BCUT2D eigenvalue weighted by Gasteiger charge is -2.06. The number of carbonyl (C=O) groups excluding carboxylic acids is 1. The first-order chi connectivity index (χ1) is 8.74. The number of rotatable bonds is 4. The van der Waals surface area contributed by atoms with Gasteiger partial charge in [-0.1, -0.05) is 18.2 Å². The van der Waals surface area contributed by atoms with Gasteiger partial charge in [-0.05, 0) is 28.1 Å². The van der Waals surface area contributed by atoms with Crippen LogP contribution < -0.4 is 10.1 Å². The molecule has 1 aromatic carbocycles. The number of nitrogens with zero attached hydrogens (tertiary/aromatic N) is 2. The van der Waals surface area contributed by atoms with E-state index in [9.17, 15) is 4.79 Å². The third-order valence-electron chi connectivity index (χ3n) is 2.00. The molecule has 0 atom stereocenters. The molecule has 0 saturated carbocycles. The largest absolute Gasteiger partial charge is 0.484 e. The zero-order valence-corrected chi connectivity index (χ0v) is 10.9. The van der Waals surface area contributed by atoms with Crippen molar-refractivity contribution >= 4 is 27.7 Å². The number of benzene rings is 1. The van der Waals surface area contributed by atoms with Crippen LogP contribution in [-0.4, -0.2) is 22.5 Å². The Kier molecular flexibility index (Phi) is 4.25. The number of aromatic nitrogens is 2. The number of amides is 1. The minimum Gasteiger partial charge on any atom is -0.484 e. The lowest BCUT2D eigenvalue weighted by atomic mass is 10.3. The molecule has 5 nitrogen and oxygen atoms in total. The smallest absolute Gasteiger partial charge is 0.263 e. The van der Waals surface area contributed by atoms with Crippen LogP contribution in [0.1, 0.15) is 0 Å². The SMILES string of the molecule is O=C(COc1ccccc1)Nc1cnc(Br)cn1. The van der Waals surface area contributed by atoms with Gasteiger partial charge in [0.15, 0.2) is 12.4 Å². The molecule has 0 aliphatic heterocycles. The molecule has 0 bridgehead atoms. The van der Waals surface area contributed by atoms with E-state index in [4.69, 9.17) is 4.74 Å². The fourth-order valence-corrected chi connectivity index (χ4v) is 1.43. The molecule has 0 saturated heterocycles. The molecule has 0 radical (unpaired) electrons. The van der Waals surface area contributed by atoms with E-state index in [1.54, 1.807) is 12.1 Å². The van der Waals surface area contributed by atoms with Gasteiger partial charge in [-0.3, -0.25) is 4.79 Å². The van der Waals surface area contributed by atoms with Gasteiger partial charge < -0.3 is 10.1 Å². The van der Waals surface area contributed by atoms with Crippen molar-refractivity contribution in [2.45, 2.75) is 0 Å². The Morgan fingerprint density at radius 1 is 1.22 bits per heavy atom. The zero-order chi connectivity index (χ0) is 12.8. The molecule has 0 fully saturated rings. The van der Waals surface area contributed by atoms with E-state index in [-0.39, 0.29) is 12.5 Å². The molecule has 0 aliphatic rings. The molecule has 92 valence electrons. The Hall–Kier alpha value is -1.95. The van der Waals surface area contributed by atoms with E-state index in [1.165, 1.54) is 12.4 Å². The molecule has 18 heavy (non-hydrogen) atoms. The number of ether oxygens (including phenoxy) is 1. The lowest BCUT2D eigenvalue weighted by molar-refractivity contribution is -0.118. The van der Waals surface area contributed by atoms with Gasteiger partial charge in [0.05, 0.1) is 12.4 Å². The van der Waals surface area contributed by atoms with Crippen molar-refractivity contribution in [1.29, 1.82) is 0 Å². The highest BCUT2D eigenvalue weighted by Crippen LogP contribution is 2.09. The van der Waals surface area contributed by atoms with Crippen LogP contribution in [0.4, 0.5) is 5.82 Å². The second-order valence-electron chi connectivity index (χ2n) is 3.37. The topological polar surface area (TPSA) is 64.1 Å². The maximum absolute atomic E-state index is 11.6. The minimum absolute atomic E-state index is 0.0677. The van der Waals surface area contributed by atoms with Crippen molar-refractivity contribution in [2.75, 3.05) is 11.9 Å². The van der Waals surface area contributed by atoms with Crippen LogP contribution in [0.2, 0.25) is 0 Å².